The van der Waals surface area contributed by atoms with Gasteiger partial charge in [0.15, 0.2) is 0 Å². The molecule has 0 saturated heterocycles. The summed E-state index contributed by atoms with van der Waals surface area (Å²) in [5.41, 5.74) is 1.05. The molecule has 0 unspecified atom stereocenters. The largest absolute Gasteiger partial charge is 0.493 e. The van der Waals surface area contributed by atoms with Gasteiger partial charge in [-0.25, -0.2) is 4.79 Å². The molecule has 0 saturated carbocycles. The summed E-state index contributed by atoms with van der Waals surface area (Å²) in [5, 5.41) is 9.02. The number of carbonyl (C=O) groups is 1. The third-order valence-electron chi connectivity index (χ3n) is 2.15. The molecule has 0 bridgehead atoms. The van der Waals surface area contributed by atoms with Gasteiger partial charge in [0.1, 0.15) is 5.76 Å². The Morgan fingerprint density at radius 2 is 1.94 bits per heavy atom. The standard InChI is InChI=1S/C14H15NO3/c1-3-17-13(9-14(16)18-4-2)12-8-6-5-7-11(12)10-15/h5-9H,3-4H2,1-2H3/b13-9-. The number of benzene rings is 1. The highest BCUT2D eigenvalue weighted by Gasteiger charge is 2.10. The van der Waals surface area contributed by atoms with E-state index in [-0.39, 0.29) is 0 Å². The summed E-state index contributed by atoms with van der Waals surface area (Å²) in [6.45, 7) is 4.25. The zero-order valence-electron chi connectivity index (χ0n) is 10.5. The maximum Gasteiger partial charge on any atom is 0.334 e. The van der Waals surface area contributed by atoms with Gasteiger partial charge in [-0.05, 0) is 26.0 Å². The Kier molecular flexibility index (Phi) is 5.46. The summed E-state index contributed by atoms with van der Waals surface area (Å²) in [7, 11) is 0. The molecule has 0 aliphatic heterocycles. The molecule has 0 aliphatic carbocycles. The minimum Gasteiger partial charge on any atom is -0.493 e. The Balaban J connectivity index is 3.12. The van der Waals surface area contributed by atoms with Gasteiger partial charge in [0, 0.05) is 5.56 Å². The van der Waals surface area contributed by atoms with E-state index in [0.29, 0.717) is 30.1 Å². The third kappa shape index (κ3) is 3.63. The highest BCUT2D eigenvalue weighted by molar-refractivity contribution is 5.90. The lowest BCUT2D eigenvalue weighted by molar-refractivity contribution is -0.137. The lowest BCUT2D eigenvalue weighted by atomic mass is 10.1. The van der Waals surface area contributed by atoms with E-state index < -0.39 is 5.97 Å². The van der Waals surface area contributed by atoms with Crippen molar-refractivity contribution in [3.63, 3.8) is 0 Å². The zero-order chi connectivity index (χ0) is 13.4. The Labute approximate surface area is 106 Å². The summed E-state index contributed by atoms with van der Waals surface area (Å²) >= 11 is 0. The topological polar surface area (TPSA) is 59.3 Å². The molecule has 0 aliphatic rings. The quantitative estimate of drug-likeness (QED) is 0.454. The Morgan fingerprint density at radius 1 is 1.28 bits per heavy atom. The summed E-state index contributed by atoms with van der Waals surface area (Å²) in [4.78, 5) is 11.4. The van der Waals surface area contributed by atoms with Gasteiger partial charge in [0.25, 0.3) is 0 Å². The van der Waals surface area contributed by atoms with E-state index in [1.54, 1.807) is 31.2 Å². The molecule has 0 aromatic heterocycles. The van der Waals surface area contributed by atoms with Crippen molar-refractivity contribution in [1.82, 2.24) is 0 Å². The van der Waals surface area contributed by atoms with E-state index in [0.717, 1.165) is 0 Å². The van der Waals surface area contributed by atoms with Gasteiger partial charge in [-0.1, -0.05) is 12.1 Å². The zero-order valence-corrected chi connectivity index (χ0v) is 10.5. The van der Waals surface area contributed by atoms with Crippen LogP contribution in [0.1, 0.15) is 25.0 Å². The van der Waals surface area contributed by atoms with Crippen molar-refractivity contribution in [1.29, 1.82) is 5.26 Å². The number of esters is 1. The molecule has 0 fully saturated rings. The molecule has 0 amide bonds. The van der Waals surface area contributed by atoms with Crippen LogP contribution in [0.5, 0.6) is 0 Å². The van der Waals surface area contributed by atoms with Crippen molar-refractivity contribution in [2.45, 2.75) is 13.8 Å². The summed E-state index contributed by atoms with van der Waals surface area (Å²) in [5.74, 6) is -0.123. The Bertz CT molecular complexity index is 486. The van der Waals surface area contributed by atoms with Crippen molar-refractivity contribution >= 4 is 11.7 Å². The van der Waals surface area contributed by atoms with Crippen LogP contribution in [0.3, 0.4) is 0 Å². The van der Waals surface area contributed by atoms with Gasteiger partial charge >= 0.3 is 5.97 Å². The highest BCUT2D eigenvalue weighted by atomic mass is 16.5. The predicted molar refractivity (Wildman–Crippen MR) is 67.4 cm³/mol. The molecular weight excluding hydrogens is 230 g/mol. The molecule has 0 atom stereocenters. The van der Waals surface area contributed by atoms with Crippen LogP contribution in [0.15, 0.2) is 30.3 Å². The number of carbonyl (C=O) groups excluding carboxylic acids is 1. The number of nitriles is 1. The summed E-state index contributed by atoms with van der Waals surface area (Å²) in [6.07, 6.45) is 1.27. The van der Waals surface area contributed by atoms with Crippen LogP contribution in [0.25, 0.3) is 5.76 Å². The van der Waals surface area contributed by atoms with E-state index in [4.69, 9.17) is 14.7 Å². The average molecular weight is 245 g/mol. The van der Waals surface area contributed by atoms with Crippen LogP contribution >= 0.6 is 0 Å². The second-order valence-electron chi connectivity index (χ2n) is 3.35. The predicted octanol–water partition coefficient (Wildman–Crippen LogP) is 2.50. The minimum atomic E-state index is -0.478. The molecule has 4 heteroatoms. The van der Waals surface area contributed by atoms with Gasteiger partial charge in [-0.3, -0.25) is 0 Å². The van der Waals surface area contributed by atoms with Crippen molar-refractivity contribution in [2.75, 3.05) is 13.2 Å². The first-order valence-electron chi connectivity index (χ1n) is 5.73. The molecule has 0 radical (unpaired) electrons. The van der Waals surface area contributed by atoms with Crippen LogP contribution in [0, 0.1) is 11.3 Å². The average Bonchev–Trinajstić information content (AvgIpc) is 2.38. The molecule has 4 nitrogen and oxygen atoms in total. The fraction of sp³-hybridized carbons (Fsp3) is 0.286. The minimum absolute atomic E-state index is 0.300. The van der Waals surface area contributed by atoms with Gasteiger partial charge < -0.3 is 9.47 Å². The van der Waals surface area contributed by atoms with Gasteiger partial charge in [0.2, 0.25) is 0 Å². The van der Waals surface area contributed by atoms with Gasteiger partial charge in [0.05, 0.1) is 30.9 Å². The lowest BCUT2D eigenvalue weighted by Gasteiger charge is -2.10. The van der Waals surface area contributed by atoms with Crippen LogP contribution in [0.4, 0.5) is 0 Å². The van der Waals surface area contributed by atoms with Gasteiger partial charge in [-0.2, -0.15) is 5.26 Å². The van der Waals surface area contributed by atoms with Crippen molar-refractivity contribution in [2.24, 2.45) is 0 Å². The molecule has 1 aromatic carbocycles. The molecule has 0 spiro atoms. The Hall–Kier alpha value is -2.28. The van der Waals surface area contributed by atoms with Gasteiger partial charge in [-0.15, -0.1) is 0 Å². The molecular formula is C14H15NO3. The van der Waals surface area contributed by atoms with E-state index in [1.165, 1.54) is 6.08 Å². The van der Waals surface area contributed by atoms with Crippen molar-refractivity contribution < 1.29 is 14.3 Å². The number of hydrogen-bond acceptors (Lipinski definition) is 4. The first-order valence-corrected chi connectivity index (χ1v) is 5.73. The second-order valence-corrected chi connectivity index (χ2v) is 3.35. The molecule has 94 valence electrons. The monoisotopic (exact) mass is 245 g/mol. The lowest BCUT2D eigenvalue weighted by Crippen LogP contribution is -2.03. The SMILES string of the molecule is CCOC(=O)/C=C(\OCC)c1ccccc1C#N. The fourth-order valence-electron chi connectivity index (χ4n) is 1.44. The van der Waals surface area contributed by atoms with Crippen LogP contribution < -0.4 is 0 Å². The van der Waals surface area contributed by atoms with E-state index >= 15 is 0 Å². The summed E-state index contributed by atoms with van der Waals surface area (Å²) < 4.78 is 10.2. The second kappa shape index (κ2) is 7.13. The maximum atomic E-state index is 11.4. The molecule has 18 heavy (non-hydrogen) atoms. The van der Waals surface area contributed by atoms with E-state index in [2.05, 4.69) is 6.07 Å². The van der Waals surface area contributed by atoms with Crippen LogP contribution in [-0.4, -0.2) is 19.2 Å². The first kappa shape index (κ1) is 13.8. The molecule has 1 rings (SSSR count). The van der Waals surface area contributed by atoms with E-state index in [9.17, 15) is 4.79 Å². The van der Waals surface area contributed by atoms with Crippen molar-refractivity contribution in [3.8, 4) is 6.07 Å². The molecule has 0 heterocycles. The Morgan fingerprint density at radius 3 is 2.56 bits per heavy atom. The molecule has 1 aromatic rings. The third-order valence-corrected chi connectivity index (χ3v) is 2.15. The normalized spacial score (nSPS) is 10.6. The van der Waals surface area contributed by atoms with Crippen molar-refractivity contribution in [3.05, 3.63) is 41.5 Å². The van der Waals surface area contributed by atoms with E-state index in [1.807, 2.05) is 6.92 Å². The molecule has 0 N–H and O–H groups in total. The number of hydrogen-bond donors (Lipinski definition) is 0. The first-order chi connectivity index (χ1) is 8.72. The summed E-state index contributed by atoms with van der Waals surface area (Å²) in [6, 6.07) is 9.02. The highest BCUT2D eigenvalue weighted by Crippen LogP contribution is 2.20. The fourth-order valence-corrected chi connectivity index (χ4v) is 1.44. The number of nitrogens with zero attached hydrogens (tertiary/aromatic N) is 1. The maximum absolute atomic E-state index is 11.4. The van der Waals surface area contributed by atoms with Crippen LogP contribution in [-0.2, 0) is 14.3 Å². The number of rotatable bonds is 5. The number of ether oxygens (including phenoxy) is 2. The smallest absolute Gasteiger partial charge is 0.334 e. The van der Waals surface area contributed by atoms with Crippen LogP contribution in [0.2, 0.25) is 0 Å².